The molecule has 92 valence electrons. The number of rotatable bonds is 6. The maximum Gasteiger partial charge on any atom is 0.120 e. The molecule has 0 aliphatic rings. The highest BCUT2D eigenvalue weighted by Crippen LogP contribution is 2.13. The molecule has 0 spiro atoms. The largest absolute Gasteiger partial charge is 0.493 e. The molecule has 0 fully saturated rings. The summed E-state index contributed by atoms with van der Waals surface area (Å²) in [6.45, 7) is 1.22. The third kappa shape index (κ3) is 6.22. The fourth-order valence-electron chi connectivity index (χ4n) is 1.20. The summed E-state index contributed by atoms with van der Waals surface area (Å²) >= 11 is 1.67. The summed E-state index contributed by atoms with van der Waals surface area (Å²) in [6.07, 6.45) is 0. The highest BCUT2D eigenvalue weighted by Gasteiger charge is 1.95. The molecule has 1 aromatic carbocycles. The van der Waals surface area contributed by atoms with Crippen molar-refractivity contribution in [3.63, 3.8) is 0 Å². The summed E-state index contributed by atoms with van der Waals surface area (Å²) in [7, 11) is 0. The molecule has 0 amide bonds. The van der Waals surface area contributed by atoms with Crippen molar-refractivity contribution in [1.29, 1.82) is 0 Å². The van der Waals surface area contributed by atoms with Gasteiger partial charge in [-0.15, -0.1) is 0 Å². The van der Waals surface area contributed by atoms with Crippen molar-refractivity contribution in [2.75, 3.05) is 31.3 Å². The van der Waals surface area contributed by atoms with E-state index in [9.17, 15) is 0 Å². The van der Waals surface area contributed by atoms with Crippen LogP contribution in [0.15, 0.2) is 24.3 Å². The molecule has 0 saturated carbocycles. The Morgan fingerprint density at radius 3 is 3.00 bits per heavy atom. The van der Waals surface area contributed by atoms with Gasteiger partial charge >= 0.3 is 0 Å². The van der Waals surface area contributed by atoms with Crippen LogP contribution in [0.25, 0.3) is 0 Å². The molecule has 0 aliphatic carbocycles. The van der Waals surface area contributed by atoms with E-state index >= 15 is 0 Å². The van der Waals surface area contributed by atoms with E-state index < -0.39 is 0 Å². The summed E-state index contributed by atoms with van der Waals surface area (Å²) in [4.78, 5) is 0. The molecular weight excluding hydrogens is 234 g/mol. The van der Waals surface area contributed by atoms with Gasteiger partial charge in [0.1, 0.15) is 5.75 Å². The quantitative estimate of drug-likeness (QED) is 0.587. The lowest BCUT2D eigenvalue weighted by atomic mass is 10.2. The van der Waals surface area contributed by atoms with E-state index in [0.29, 0.717) is 13.2 Å². The standard InChI is InChI=1S/C13H17NO2S/c14-6-2-4-12-3-1-5-13(11-12)16-8-10-17-9-7-15/h1,3,5,11,15H,6-10,14H2. The minimum absolute atomic E-state index is 0.217. The van der Waals surface area contributed by atoms with Crippen molar-refractivity contribution in [2.45, 2.75) is 0 Å². The van der Waals surface area contributed by atoms with Gasteiger partial charge in [-0.05, 0) is 18.2 Å². The van der Waals surface area contributed by atoms with Crippen LogP contribution in [0.5, 0.6) is 5.75 Å². The number of benzene rings is 1. The first kappa shape index (κ1) is 13.9. The lowest BCUT2D eigenvalue weighted by molar-refractivity contribution is 0.321. The van der Waals surface area contributed by atoms with Crippen LogP contribution in [0, 0.1) is 11.8 Å². The van der Waals surface area contributed by atoms with Crippen LogP contribution in [-0.2, 0) is 0 Å². The number of aliphatic hydroxyl groups excluding tert-OH is 1. The minimum atomic E-state index is 0.217. The van der Waals surface area contributed by atoms with Gasteiger partial charge in [0.2, 0.25) is 0 Å². The Balaban J connectivity index is 2.38. The molecule has 0 aliphatic heterocycles. The number of aliphatic hydroxyl groups is 1. The Bertz CT molecular complexity index is 384. The molecule has 0 aromatic heterocycles. The Labute approximate surface area is 106 Å². The van der Waals surface area contributed by atoms with E-state index in [4.69, 9.17) is 15.6 Å². The molecule has 1 rings (SSSR count). The highest BCUT2D eigenvalue weighted by molar-refractivity contribution is 7.99. The molecule has 0 unspecified atom stereocenters. The molecule has 0 bridgehead atoms. The van der Waals surface area contributed by atoms with Gasteiger partial charge < -0.3 is 15.6 Å². The van der Waals surface area contributed by atoms with Crippen molar-refractivity contribution in [3.8, 4) is 17.6 Å². The summed E-state index contributed by atoms with van der Waals surface area (Å²) in [5, 5.41) is 8.61. The molecule has 1 aromatic rings. The second-order valence-electron chi connectivity index (χ2n) is 3.22. The smallest absolute Gasteiger partial charge is 0.120 e. The van der Waals surface area contributed by atoms with Crippen molar-refractivity contribution in [1.82, 2.24) is 0 Å². The summed E-state index contributed by atoms with van der Waals surface area (Å²) in [6, 6.07) is 7.65. The summed E-state index contributed by atoms with van der Waals surface area (Å²) in [5.74, 6) is 8.22. The molecule has 0 radical (unpaired) electrons. The predicted molar refractivity (Wildman–Crippen MR) is 72.3 cm³/mol. The molecule has 0 saturated heterocycles. The van der Waals surface area contributed by atoms with Crippen LogP contribution in [0.3, 0.4) is 0 Å². The maximum absolute atomic E-state index is 8.61. The van der Waals surface area contributed by atoms with Crippen LogP contribution in [0.2, 0.25) is 0 Å². The van der Waals surface area contributed by atoms with Crippen LogP contribution < -0.4 is 10.5 Å². The number of nitrogens with two attached hydrogens (primary N) is 1. The van der Waals surface area contributed by atoms with E-state index in [1.165, 1.54) is 0 Å². The fourth-order valence-corrected chi connectivity index (χ4v) is 1.74. The van der Waals surface area contributed by atoms with Crippen LogP contribution in [0.1, 0.15) is 5.56 Å². The lowest BCUT2D eigenvalue weighted by Crippen LogP contribution is -2.01. The van der Waals surface area contributed by atoms with Gasteiger partial charge in [-0.1, -0.05) is 17.9 Å². The van der Waals surface area contributed by atoms with Gasteiger partial charge in [-0.25, -0.2) is 0 Å². The van der Waals surface area contributed by atoms with Gasteiger partial charge in [0, 0.05) is 17.1 Å². The zero-order chi connectivity index (χ0) is 12.3. The zero-order valence-corrected chi connectivity index (χ0v) is 10.5. The Morgan fingerprint density at radius 1 is 1.35 bits per heavy atom. The van der Waals surface area contributed by atoms with Crippen molar-refractivity contribution in [3.05, 3.63) is 29.8 Å². The molecule has 3 nitrogen and oxygen atoms in total. The van der Waals surface area contributed by atoms with Crippen molar-refractivity contribution >= 4 is 11.8 Å². The molecule has 17 heavy (non-hydrogen) atoms. The van der Waals surface area contributed by atoms with Gasteiger partial charge in [0.05, 0.1) is 19.8 Å². The van der Waals surface area contributed by atoms with Crippen LogP contribution >= 0.6 is 11.8 Å². The first-order valence-electron chi connectivity index (χ1n) is 5.47. The van der Waals surface area contributed by atoms with Gasteiger partial charge in [0.15, 0.2) is 0 Å². The second kappa shape index (κ2) is 8.94. The fraction of sp³-hybridized carbons (Fsp3) is 0.385. The zero-order valence-electron chi connectivity index (χ0n) is 9.69. The first-order chi connectivity index (χ1) is 8.36. The third-order valence-corrected chi connectivity index (χ3v) is 2.83. The topological polar surface area (TPSA) is 55.5 Å². The Kier molecular flexibility index (Phi) is 7.32. The van der Waals surface area contributed by atoms with Crippen LogP contribution in [0.4, 0.5) is 0 Å². The van der Waals surface area contributed by atoms with Crippen molar-refractivity contribution in [2.24, 2.45) is 5.73 Å². The van der Waals surface area contributed by atoms with E-state index in [-0.39, 0.29) is 6.61 Å². The minimum Gasteiger partial charge on any atom is -0.493 e. The lowest BCUT2D eigenvalue weighted by Gasteiger charge is -2.05. The summed E-state index contributed by atoms with van der Waals surface area (Å²) < 4.78 is 5.57. The average molecular weight is 251 g/mol. The van der Waals surface area contributed by atoms with E-state index in [2.05, 4.69) is 11.8 Å². The summed E-state index contributed by atoms with van der Waals surface area (Å²) in [5.41, 5.74) is 6.23. The highest BCUT2D eigenvalue weighted by atomic mass is 32.2. The maximum atomic E-state index is 8.61. The van der Waals surface area contributed by atoms with E-state index in [1.54, 1.807) is 11.8 Å². The second-order valence-corrected chi connectivity index (χ2v) is 4.44. The number of thioether (sulfide) groups is 1. The normalized spacial score (nSPS) is 9.53. The Hall–Kier alpha value is -1.15. The van der Waals surface area contributed by atoms with E-state index in [0.717, 1.165) is 22.8 Å². The molecule has 0 heterocycles. The number of hydrogen-bond donors (Lipinski definition) is 2. The van der Waals surface area contributed by atoms with Gasteiger partial charge in [-0.3, -0.25) is 0 Å². The SMILES string of the molecule is NCC#Cc1cccc(OCCSCCO)c1. The Morgan fingerprint density at radius 2 is 2.24 bits per heavy atom. The predicted octanol–water partition coefficient (Wildman–Crippen LogP) is 1.10. The monoisotopic (exact) mass is 251 g/mol. The average Bonchev–Trinajstić information content (AvgIpc) is 2.37. The van der Waals surface area contributed by atoms with Crippen molar-refractivity contribution < 1.29 is 9.84 Å². The molecule has 4 heteroatoms. The molecule has 0 atom stereocenters. The van der Waals surface area contributed by atoms with Gasteiger partial charge in [0.25, 0.3) is 0 Å². The molecule has 3 N–H and O–H groups in total. The number of hydrogen-bond acceptors (Lipinski definition) is 4. The van der Waals surface area contributed by atoms with E-state index in [1.807, 2.05) is 24.3 Å². The first-order valence-corrected chi connectivity index (χ1v) is 6.62. The van der Waals surface area contributed by atoms with Crippen LogP contribution in [-0.4, -0.2) is 36.4 Å². The van der Waals surface area contributed by atoms with Gasteiger partial charge in [-0.2, -0.15) is 11.8 Å². The third-order valence-electron chi connectivity index (χ3n) is 1.90. The number of ether oxygens (including phenoxy) is 1. The molecular formula is C13H17NO2S.